The number of nitrogens with zero attached hydrogens (tertiary/aromatic N) is 3. The Morgan fingerprint density at radius 1 is 1.27 bits per heavy atom. The molecule has 3 amide bonds. The van der Waals surface area contributed by atoms with Gasteiger partial charge in [-0.2, -0.15) is 0 Å². The average Bonchev–Trinajstić information content (AvgIpc) is 2.99. The molecule has 1 N–H and O–H groups in total. The number of nitrogens with one attached hydrogen (secondary N) is 1. The molecule has 26 heavy (non-hydrogen) atoms. The number of hydrogen-bond donors (Lipinski definition) is 1. The lowest BCUT2D eigenvalue weighted by Gasteiger charge is -2.33. The van der Waals surface area contributed by atoms with E-state index >= 15 is 0 Å². The molecule has 0 aliphatic carbocycles. The predicted octanol–water partition coefficient (Wildman–Crippen LogP) is 2.14. The smallest absolute Gasteiger partial charge is 0.317 e. The Morgan fingerprint density at radius 3 is 2.62 bits per heavy atom. The molecule has 1 aromatic rings. The van der Waals surface area contributed by atoms with Gasteiger partial charge in [0, 0.05) is 73.9 Å². The molecule has 7 heteroatoms. The summed E-state index contributed by atoms with van der Waals surface area (Å²) in [6, 6.07) is 4.44. The third-order valence-corrected chi connectivity index (χ3v) is 6.16. The van der Waals surface area contributed by atoms with Crippen LogP contribution in [0, 0.1) is 12.3 Å². The molecule has 0 aromatic carbocycles. The second kappa shape index (κ2) is 7.56. The zero-order valence-corrected chi connectivity index (χ0v) is 17.1. The molecule has 2 aliphatic rings. The van der Waals surface area contributed by atoms with Gasteiger partial charge in [-0.15, -0.1) is 11.3 Å². The summed E-state index contributed by atoms with van der Waals surface area (Å²) in [7, 11) is 1.87. The molecular weight excluding hydrogens is 348 g/mol. The van der Waals surface area contributed by atoms with E-state index in [2.05, 4.69) is 29.3 Å². The van der Waals surface area contributed by atoms with Crippen LogP contribution in [0.25, 0.3) is 0 Å². The van der Waals surface area contributed by atoms with E-state index in [-0.39, 0.29) is 23.4 Å². The first-order chi connectivity index (χ1) is 12.3. The maximum Gasteiger partial charge on any atom is 0.317 e. The molecule has 2 fully saturated rings. The second-order valence-corrected chi connectivity index (χ2v) is 9.55. The summed E-state index contributed by atoms with van der Waals surface area (Å²) in [5, 5.41) is 3.01. The molecule has 0 saturated carbocycles. The number of carbonyl (C=O) groups is 2. The first-order valence-electron chi connectivity index (χ1n) is 9.33. The highest BCUT2D eigenvalue weighted by molar-refractivity contribution is 7.11. The Bertz CT molecular complexity index is 674. The second-order valence-electron chi connectivity index (χ2n) is 8.18. The molecule has 3 heterocycles. The van der Waals surface area contributed by atoms with Crippen molar-refractivity contribution >= 4 is 23.3 Å². The Hall–Kier alpha value is -1.60. The summed E-state index contributed by atoms with van der Waals surface area (Å²) < 4.78 is 0. The molecule has 2 aliphatic heterocycles. The van der Waals surface area contributed by atoms with Crippen LogP contribution in [-0.4, -0.2) is 72.5 Å². The van der Waals surface area contributed by atoms with Crippen molar-refractivity contribution in [2.45, 2.75) is 39.8 Å². The molecule has 6 nitrogen and oxygen atoms in total. The monoisotopic (exact) mass is 378 g/mol. The number of aryl methyl sites for hydroxylation is 1. The van der Waals surface area contributed by atoms with Crippen LogP contribution in [0.3, 0.4) is 0 Å². The van der Waals surface area contributed by atoms with E-state index in [0.717, 1.165) is 26.2 Å². The van der Waals surface area contributed by atoms with Crippen molar-refractivity contribution in [1.29, 1.82) is 0 Å². The Morgan fingerprint density at radius 2 is 2.04 bits per heavy atom. The third-order valence-electron chi connectivity index (χ3n) is 5.17. The van der Waals surface area contributed by atoms with Gasteiger partial charge in [0.1, 0.15) is 0 Å². The minimum Gasteiger partial charge on any atom is -0.345 e. The third kappa shape index (κ3) is 4.38. The number of thiophene rings is 1. The van der Waals surface area contributed by atoms with Crippen LogP contribution >= 0.6 is 11.3 Å². The SMILES string of the molecule is Cc1ccc(CN2CCN(C(=O)NC(C)C)CC3(CC(=O)N(C)C3)C2)s1. The van der Waals surface area contributed by atoms with Gasteiger partial charge in [0.05, 0.1) is 0 Å². The largest absolute Gasteiger partial charge is 0.345 e. The topological polar surface area (TPSA) is 55.9 Å². The molecule has 0 radical (unpaired) electrons. The van der Waals surface area contributed by atoms with E-state index < -0.39 is 0 Å². The van der Waals surface area contributed by atoms with Crippen molar-refractivity contribution < 1.29 is 9.59 Å². The fourth-order valence-electron chi connectivity index (χ4n) is 4.10. The first kappa shape index (κ1) is 19.2. The zero-order valence-electron chi connectivity index (χ0n) is 16.2. The van der Waals surface area contributed by atoms with Gasteiger partial charge in [0.2, 0.25) is 5.91 Å². The van der Waals surface area contributed by atoms with Crippen LogP contribution in [0.1, 0.15) is 30.0 Å². The minimum atomic E-state index is -0.178. The van der Waals surface area contributed by atoms with Gasteiger partial charge >= 0.3 is 6.03 Å². The van der Waals surface area contributed by atoms with E-state index in [0.29, 0.717) is 19.5 Å². The van der Waals surface area contributed by atoms with Crippen LogP contribution in [0.2, 0.25) is 0 Å². The maximum absolute atomic E-state index is 12.6. The van der Waals surface area contributed by atoms with Crippen molar-refractivity contribution in [2.24, 2.45) is 5.41 Å². The summed E-state index contributed by atoms with van der Waals surface area (Å²) in [6.07, 6.45) is 0.523. The summed E-state index contributed by atoms with van der Waals surface area (Å²) in [6.45, 7) is 10.7. The normalized spacial score (nSPS) is 24.6. The van der Waals surface area contributed by atoms with E-state index in [4.69, 9.17) is 0 Å². The Balaban J connectivity index is 1.78. The molecule has 0 bridgehead atoms. The molecule has 1 atom stereocenters. The Labute approximate surface area is 160 Å². The fourth-order valence-corrected chi connectivity index (χ4v) is 5.03. The summed E-state index contributed by atoms with van der Waals surface area (Å²) >= 11 is 1.82. The van der Waals surface area contributed by atoms with Crippen molar-refractivity contribution in [3.63, 3.8) is 0 Å². The lowest BCUT2D eigenvalue weighted by Crippen LogP contribution is -2.48. The van der Waals surface area contributed by atoms with Crippen molar-refractivity contribution in [3.8, 4) is 0 Å². The van der Waals surface area contributed by atoms with Crippen molar-refractivity contribution in [3.05, 3.63) is 21.9 Å². The van der Waals surface area contributed by atoms with Crippen molar-refractivity contribution in [2.75, 3.05) is 39.8 Å². The quantitative estimate of drug-likeness (QED) is 0.877. The van der Waals surface area contributed by atoms with Crippen LogP contribution < -0.4 is 5.32 Å². The highest BCUT2D eigenvalue weighted by atomic mass is 32.1. The number of hydrogen-bond acceptors (Lipinski definition) is 4. The van der Waals surface area contributed by atoms with Gasteiger partial charge in [-0.3, -0.25) is 9.69 Å². The minimum absolute atomic E-state index is 0.0183. The van der Waals surface area contributed by atoms with Crippen molar-refractivity contribution in [1.82, 2.24) is 20.0 Å². The maximum atomic E-state index is 12.6. The Kier molecular flexibility index (Phi) is 5.58. The van der Waals surface area contributed by atoms with Crippen LogP contribution in [-0.2, 0) is 11.3 Å². The number of likely N-dealkylation sites (tertiary alicyclic amines) is 1. The van der Waals surface area contributed by atoms with Crippen LogP contribution in [0.15, 0.2) is 12.1 Å². The summed E-state index contributed by atoms with van der Waals surface area (Å²) in [5.74, 6) is 0.183. The van der Waals surface area contributed by atoms with E-state index in [1.807, 2.05) is 42.0 Å². The average molecular weight is 379 g/mol. The van der Waals surface area contributed by atoms with E-state index in [9.17, 15) is 9.59 Å². The highest BCUT2D eigenvalue weighted by Gasteiger charge is 2.46. The highest BCUT2D eigenvalue weighted by Crippen LogP contribution is 2.35. The van der Waals surface area contributed by atoms with Gasteiger partial charge in [-0.25, -0.2) is 4.79 Å². The van der Waals surface area contributed by atoms with Gasteiger partial charge in [-0.1, -0.05) is 0 Å². The number of rotatable bonds is 3. The lowest BCUT2D eigenvalue weighted by molar-refractivity contribution is -0.126. The first-order valence-corrected chi connectivity index (χ1v) is 10.2. The standard InChI is InChI=1S/C19H30N4O2S/c1-14(2)20-18(25)23-8-7-22(10-16-6-5-15(3)26-16)12-19(13-23)9-17(24)21(4)11-19/h5-6,14H,7-13H2,1-4H3,(H,20,25). The number of urea groups is 1. The molecule has 1 aromatic heterocycles. The van der Waals surface area contributed by atoms with Gasteiger partial charge in [0.15, 0.2) is 0 Å². The summed E-state index contributed by atoms with van der Waals surface area (Å²) in [4.78, 5) is 33.7. The van der Waals surface area contributed by atoms with E-state index in [1.54, 1.807) is 0 Å². The molecular formula is C19H30N4O2S. The molecule has 2 saturated heterocycles. The predicted molar refractivity (Wildman–Crippen MR) is 104 cm³/mol. The number of amides is 3. The van der Waals surface area contributed by atoms with Gasteiger partial charge in [0.25, 0.3) is 0 Å². The molecule has 1 spiro atoms. The van der Waals surface area contributed by atoms with E-state index in [1.165, 1.54) is 9.75 Å². The summed E-state index contributed by atoms with van der Waals surface area (Å²) in [5.41, 5.74) is -0.178. The van der Waals surface area contributed by atoms with Gasteiger partial charge < -0.3 is 15.1 Å². The van der Waals surface area contributed by atoms with Crippen LogP contribution in [0.4, 0.5) is 4.79 Å². The molecule has 144 valence electrons. The fraction of sp³-hybridized carbons (Fsp3) is 0.684. The van der Waals surface area contributed by atoms with Crippen LogP contribution in [0.5, 0.6) is 0 Å². The molecule has 1 unspecified atom stereocenters. The zero-order chi connectivity index (χ0) is 18.9. The molecule has 3 rings (SSSR count). The number of carbonyl (C=O) groups excluding carboxylic acids is 2. The van der Waals surface area contributed by atoms with Gasteiger partial charge in [-0.05, 0) is 32.9 Å². The lowest BCUT2D eigenvalue weighted by atomic mass is 9.86.